The maximum Gasteiger partial charge on any atom is 0.257 e. The third kappa shape index (κ3) is 3.39. The van der Waals surface area contributed by atoms with Gasteiger partial charge in [0, 0.05) is 36.9 Å². The predicted octanol–water partition coefficient (Wildman–Crippen LogP) is 4.06. The number of carbonyl (C=O) groups excluding carboxylic acids is 1. The summed E-state index contributed by atoms with van der Waals surface area (Å²) in [5, 5.41) is 0.369. The third-order valence-corrected chi connectivity index (χ3v) is 4.65. The summed E-state index contributed by atoms with van der Waals surface area (Å²) < 4.78 is 13.9. The van der Waals surface area contributed by atoms with Crippen LogP contribution in [0.2, 0.25) is 5.02 Å². The number of piperazine rings is 1. The molecule has 0 saturated carbocycles. The zero-order valence-corrected chi connectivity index (χ0v) is 14.6. The monoisotopic (exact) mass is 346 g/mol. The van der Waals surface area contributed by atoms with E-state index >= 15 is 0 Å². The highest BCUT2D eigenvalue weighted by molar-refractivity contribution is 6.31. The molecule has 0 aliphatic carbocycles. The van der Waals surface area contributed by atoms with E-state index in [1.165, 1.54) is 35.0 Å². The van der Waals surface area contributed by atoms with Crippen LogP contribution in [0.5, 0.6) is 0 Å². The molecule has 0 N–H and O–H groups in total. The average molecular weight is 347 g/mol. The average Bonchev–Trinajstić information content (AvgIpc) is 2.57. The molecule has 1 heterocycles. The van der Waals surface area contributed by atoms with E-state index < -0.39 is 5.82 Å². The van der Waals surface area contributed by atoms with Gasteiger partial charge in [-0.05, 0) is 43.7 Å². The fourth-order valence-corrected chi connectivity index (χ4v) is 3.31. The van der Waals surface area contributed by atoms with Crippen LogP contribution in [0.25, 0.3) is 0 Å². The topological polar surface area (TPSA) is 23.6 Å². The van der Waals surface area contributed by atoms with Crippen molar-refractivity contribution in [3.8, 4) is 0 Å². The lowest BCUT2D eigenvalue weighted by Gasteiger charge is -2.37. The highest BCUT2D eigenvalue weighted by Gasteiger charge is 2.25. The van der Waals surface area contributed by atoms with Crippen LogP contribution >= 0.6 is 11.6 Å². The Hall–Kier alpha value is -2.07. The normalized spacial score (nSPS) is 14.8. The molecule has 1 fully saturated rings. The molecule has 2 aromatic carbocycles. The Labute approximate surface area is 146 Å². The summed E-state index contributed by atoms with van der Waals surface area (Å²) in [4.78, 5) is 16.5. The van der Waals surface area contributed by atoms with E-state index in [9.17, 15) is 9.18 Å². The van der Waals surface area contributed by atoms with Gasteiger partial charge in [-0.3, -0.25) is 4.79 Å². The lowest BCUT2D eigenvalue weighted by molar-refractivity contribution is 0.0742. The molecule has 1 aliphatic rings. The minimum Gasteiger partial charge on any atom is -0.368 e. The Morgan fingerprint density at radius 3 is 2.42 bits per heavy atom. The Kier molecular flexibility index (Phi) is 4.76. The van der Waals surface area contributed by atoms with Crippen LogP contribution in [0.1, 0.15) is 21.5 Å². The highest BCUT2D eigenvalue weighted by Crippen LogP contribution is 2.23. The Balaban J connectivity index is 1.70. The van der Waals surface area contributed by atoms with E-state index in [0.29, 0.717) is 18.1 Å². The second-order valence-electron chi connectivity index (χ2n) is 6.19. The summed E-state index contributed by atoms with van der Waals surface area (Å²) in [6.07, 6.45) is 0. The summed E-state index contributed by atoms with van der Waals surface area (Å²) >= 11 is 5.89. The first-order chi connectivity index (χ1) is 11.5. The molecule has 1 aliphatic heterocycles. The van der Waals surface area contributed by atoms with Gasteiger partial charge in [0.1, 0.15) is 5.82 Å². The van der Waals surface area contributed by atoms with Gasteiger partial charge < -0.3 is 9.80 Å². The molecule has 0 spiro atoms. The van der Waals surface area contributed by atoms with Gasteiger partial charge in [0.25, 0.3) is 5.91 Å². The SMILES string of the molecule is Cc1ccc(N2CCN(C(=O)c3cc(Cl)ccc3F)CC2)c(C)c1. The number of nitrogens with zero attached hydrogens (tertiary/aromatic N) is 2. The number of hydrogen-bond acceptors (Lipinski definition) is 2. The maximum atomic E-state index is 13.9. The van der Waals surface area contributed by atoms with Gasteiger partial charge in [-0.2, -0.15) is 0 Å². The number of anilines is 1. The molecule has 2 aromatic rings. The molecule has 3 rings (SSSR count). The van der Waals surface area contributed by atoms with Crippen molar-refractivity contribution in [2.24, 2.45) is 0 Å². The van der Waals surface area contributed by atoms with Crippen LogP contribution in [0.15, 0.2) is 36.4 Å². The molecule has 5 heteroatoms. The summed E-state index contributed by atoms with van der Waals surface area (Å²) in [5.41, 5.74) is 3.71. The molecule has 0 aromatic heterocycles. The van der Waals surface area contributed by atoms with Crippen LogP contribution < -0.4 is 4.90 Å². The number of rotatable bonds is 2. The number of halogens is 2. The number of benzene rings is 2. The van der Waals surface area contributed by atoms with Crippen molar-refractivity contribution in [2.75, 3.05) is 31.1 Å². The Morgan fingerprint density at radius 2 is 1.75 bits per heavy atom. The smallest absolute Gasteiger partial charge is 0.257 e. The molecule has 126 valence electrons. The second-order valence-corrected chi connectivity index (χ2v) is 6.63. The van der Waals surface area contributed by atoms with Crippen LogP contribution in [0.4, 0.5) is 10.1 Å². The van der Waals surface area contributed by atoms with Gasteiger partial charge in [0.05, 0.1) is 5.56 Å². The van der Waals surface area contributed by atoms with E-state index in [2.05, 4.69) is 36.9 Å². The van der Waals surface area contributed by atoms with Gasteiger partial charge in [-0.1, -0.05) is 29.3 Å². The van der Waals surface area contributed by atoms with Gasteiger partial charge in [-0.25, -0.2) is 4.39 Å². The van der Waals surface area contributed by atoms with E-state index in [1.807, 2.05) is 0 Å². The van der Waals surface area contributed by atoms with Crippen LogP contribution in [0.3, 0.4) is 0 Å². The molecule has 0 atom stereocenters. The highest BCUT2D eigenvalue weighted by atomic mass is 35.5. The first kappa shape index (κ1) is 16.8. The minimum absolute atomic E-state index is 0.0440. The lowest BCUT2D eigenvalue weighted by Crippen LogP contribution is -2.49. The van der Waals surface area contributed by atoms with Crippen molar-refractivity contribution < 1.29 is 9.18 Å². The number of hydrogen-bond donors (Lipinski definition) is 0. The van der Waals surface area contributed by atoms with Gasteiger partial charge in [-0.15, -0.1) is 0 Å². The lowest BCUT2D eigenvalue weighted by atomic mass is 10.1. The molecule has 24 heavy (non-hydrogen) atoms. The molecular formula is C19H20ClFN2O. The maximum absolute atomic E-state index is 13.9. The first-order valence-electron chi connectivity index (χ1n) is 8.02. The zero-order valence-electron chi connectivity index (χ0n) is 13.9. The molecule has 0 unspecified atom stereocenters. The van der Waals surface area contributed by atoms with Crippen molar-refractivity contribution in [1.82, 2.24) is 4.90 Å². The number of carbonyl (C=O) groups is 1. The van der Waals surface area contributed by atoms with Crippen molar-refractivity contribution in [3.05, 3.63) is 63.9 Å². The van der Waals surface area contributed by atoms with Gasteiger partial charge in [0.2, 0.25) is 0 Å². The summed E-state index contributed by atoms with van der Waals surface area (Å²) in [5.74, 6) is -0.823. The summed E-state index contributed by atoms with van der Waals surface area (Å²) in [6, 6.07) is 10.5. The summed E-state index contributed by atoms with van der Waals surface area (Å²) in [7, 11) is 0. The molecule has 1 amide bonds. The quantitative estimate of drug-likeness (QED) is 0.818. The van der Waals surface area contributed by atoms with Crippen LogP contribution in [-0.4, -0.2) is 37.0 Å². The fraction of sp³-hybridized carbons (Fsp3) is 0.316. The van der Waals surface area contributed by atoms with Crippen LogP contribution in [-0.2, 0) is 0 Å². The van der Waals surface area contributed by atoms with E-state index in [0.717, 1.165) is 13.1 Å². The third-order valence-electron chi connectivity index (χ3n) is 4.42. The number of aryl methyl sites for hydroxylation is 2. The second kappa shape index (κ2) is 6.81. The van der Waals surface area contributed by atoms with Crippen LogP contribution in [0, 0.1) is 19.7 Å². The largest absolute Gasteiger partial charge is 0.368 e. The van der Waals surface area contributed by atoms with E-state index in [4.69, 9.17) is 11.6 Å². The van der Waals surface area contributed by atoms with E-state index in [1.54, 1.807) is 4.90 Å². The number of amides is 1. The molecular weight excluding hydrogens is 327 g/mol. The Morgan fingerprint density at radius 1 is 1.04 bits per heavy atom. The van der Waals surface area contributed by atoms with Crippen molar-refractivity contribution in [1.29, 1.82) is 0 Å². The molecule has 0 bridgehead atoms. The van der Waals surface area contributed by atoms with Gasteiger partial charge in [0.15, 0.2) is 0 Å². The standard InChI is InChI=1S/C19H20ClFN2O/c1-13-3-6-18(14(2)11-13)22-7-9-23(10-8-22)19(24)16-12-15(20)4-5-17(16)21/h3-6,11-12H,7-10H2,1-2H3. The first-order valence-corrected chi connectivity index (χ1v) is 8.40. The molecule has 3 nitrogen and oxygen atoms in total. The molecule has 1 saturated heterocycles. The molecule has 0 radical (unpaired) electrons. The van der Waals surface area contributed by atoms with E-state index in [-0.39, 0.29) is 11.5 Å². The summed E-state index contributed by atoms with van der Waals surface area (Å²) in [6.45, 7) is 6.78. The van der Waals surface area contributed by atoms with Crippen molar-refractivity contribution in [3.63, 3.8) is 0 Å². The van der Waals surface area contributed by atoms with Crippen molar-refractivity contribution >= 4 is 23.2 Å². The zero-order chi connectivity index (χ0) is 17.3. The van der Waals surface area contributed by atoms with Crippen molar-refractivity contribution in [2.45, 2.75) is 13.8 Å². The predicted molar refractivity (Wildman–Crippen MR) is 95.4 cm³/mol. The van der Waals surface area contributed by atoms with Gasteiger partial charge >= 0.3 is 0 Å². The fourth-order valence-electron chi connectivity index (χ4n) is 3.14. The Bertz CT molecular complexity index is 770. The minimum atomic E-state index is -0.527.